The number of pyridine rings is 1. The lowest BCUT2D eigenvalue weighted by molar-refractivity contribution is 0.0953. The minimum atomic E-state index is -0.467. The van der Waals surface area contributed by atoms with Gasteiger partial charge in [-0.15, -0.1) is 0 Å². The number of aromatic nitrogens is 1. The molecule has 0 fully saturated rings. The van der Waals surface area contributed by atoms with Crippen LogP contribution in [0.3, 0.4) is 0 Å². The highest BCUT2D eigenvalue weighted by molar-refractivity contribution is 6.09. The van der Waals surface area contributed by atoms with E-state index >= 15 is 0 Å². The Morgan fingerprint density at radius 1 is 1.00 bits per heavy atom. The molecule has 6 nitrogen and oxygen atoms in total. The van der Waals surface area contributed by atoms with E-state index in [2.05, 4.69) is 15.6 Å². The first-order chi connectivity index (χ1) is 12.9. The molecule has 1 heterocycles. The molecule has 0 aliphatic heterocycles. The molecule has 2 amide bonds. The maximum atomic E-state index is 12.6. The van der Waals surface area contributed by atoms with Crippen molar-refractivity contribution in [1.29, 1.82) is 0 Å². The molecule has 0 aliphatic carbocycles. The Hall–Kier alpha value is -3.41. The topological polar surface area (TPSA) is 91.1 Å². The van der Waals surface area contributed by atoms with Crippen LogP contribution in [-0.2, 0) is 0 Å². The minimum absolute atomic E-state index is 0.0113. The van der Waals surface area contributed by atoms with E-state index in [1.807, 2.05) is 26.0 Å². The third kappa shape index (κ3) is 3.74. The molecule has 2 aromatic carbocycles. The summed E-state index contributed by atoms with van der Waals surface area (Å²) in [7, 11) is 0. The average Bonchev–Trinajstić information content (AvgIpc) is 2.63. The van der Waals surface area contributed by atoms with Crippen LogP contribution in [0.15, 0.2) is 47.3 Å². The maximum Gasteiger partial charge on any atom is 0.261 e. The van der Waals surface area contributed by atoms with E-state index in [1.54, 1.807) is 31.2 Å². The molecule has 0 atom stereocenters. The summed E-state index contributed by atoms with van der Waals surface area (Å²) in [5, 5.41) is 6.08. The van der Waals surface area contributed by atoms with Gasteiger partial charge in [-0.1, -0.05) is 12.1 Å². The van der Waals surface area contributed by atoms with E-state index in [0.717, 1.165) is 11.1 Å². The Morgan fingerprint density at radius 3 is 2.48 bits per heavy atom. The van der Waals surface area contributed by atoms with Crippen LogP contribution in [0, 0.1) is 13.8 Å². The summed E-state index contributed by atoms with van der Waals surface area (Å²) in [5.74, 6) is -0.702. The molecule has 0 radical (unpaired) electrons. The van der Waals surface area contributed by atoms with Crippen molar-refractivity contribution in [2.75, 3.05) is 11.9 Å². The van der Waals surface area contributed by atoms with Crippen LogP contribution in [0.25, 0.3) is 10.9 Å². The van der Waals surface area contributed by atoms with Crippen LogP contribution in [0.4, 0.5) is 5.69 Å². The Balaban J connectivity index is 2.02. The lowest BCUT2D eigenvalue weighted by atomic mass is 10.1. The number of carbonyl (C=O) groups is 2. The van der Waals surface area contributed by atoms with Crippen LogP contribution in [0.2, 0.25) is 0 Å². The van der Waals surface area contributed by atoms with Gasteiger partial charge in [-0.05, 0) is 62.2 Å². The maximum absolute atomic E-state index is 12.6. The van der Waals surface area contributed by atoms with E-state index < -0.39 is 11.5 Å². The van der Waals surface area contributed by atoms with Crippen molar-refractivity contribution < 1.29 is 9.59 Å². The Bertz CT molecular complexity index is 1100. The van der Waals surface area contributed by atoms with E-state index in [4.69, 9.17) is 0 Å². The molecule has 0 spiro atoms. The molecule has 0 saturated carbocycles. The highest BCUT2D eigenvalue weighted by Crippen LogP contribution is 2.23. The molecule has 0 saturated heterocycles. The predicted octanol–water partition coefficient (Wildman–Crippen LogP) is 3.15. The van der Waals surface area contributed by atoms with E-state index in [1.165, 1.54) is 6.07 Å². The van der Waals surface area contributed by atoms with Crippen LogP contribution >= 0.6 is 0 Å². The third-order valence-corrected chi connectivity index (χ3v) is 4.49. The van der Waals surface area contributed by atoms with Crippen molar-refractivity contribution in [2.24, 2.45) is 0 Å². The summed E-state index contributed by atoms with van der Waals surface area (Å²) in [4.78, 5) is 39.6. The average molecular weight is 363 g/mol. The van der Waals surface area contributed by atoms with Crippen LogP contribution in [0.5, 0.6) is 0 Å². The number of amides is 2. The molecule has 3 rings (SSSR count). The SMILES string of the molecule is CCNC(=O)c1cc2c(NC(=O)c3ccc(C)c(C)c3)cccc2[nH]c1=O. The standard InChI is InChI=1S/C21H21N3O3/c1-4-22-20(26)16-11-15-17(6-5-7-18(15)24-21(16)27)23-19(25)14-9-8-12(2)13(3)10-14/h5-11H,4H2,1-3H3,(H,22,26)(H,23,25)(H,24,27). The van der Waals surface area contributed by atoms with Gasteiger partial charge >= 0.3 is 0 Å². The number of carbonyl (C=O) groups excluding carboxylic acids is 2. The van der Waals surface area contributed by atoms with Gasteiger partial charge in [0.1, 0.15) is 5.56 Å². The van der Waals surface area contributed by atoms with Gasteiger partial charge in [0.15, 0.2) is 0 Å². The summed E-state index contributed by atoms with van der Waals surface area (Å²) in [6, 6.07) is 12.2. The number of rotatable bonds is 4. The number of H-pyrrole nitrogens is 1. The number of fused-ring (bicyclic) bond motifs is 1. The summed E-state index contributed by atoms with van der Waals surface area (Å²) in [5.41, 5.74) is 3.31. The normalized spacial score (nSPS) is 10.6. The fourth-order valence-electron chi connectivity index (χ4n) is 2.84. The molecule has 3 N–H and O–H groups in total. The fourth-order valence-corrected chi connectivity index (χ4v) is 2.84. The van der Waals surface area contributed by atoms with Gasteiger partial charge in [-0.3, -0.25) is 14.4 Å². The van der Waals surface area contributed by atoms with E-state index in [-0.39, 0.29) is 11.5 Å². The number of hydrogen-bond acceptors (Lipinski definition) is 3. The van der Waals surface area contributed by atoms with Crippen molar-refractivity contribution >= 4 is 28.4 Å². The van der Waals surface area contributed by atoms with E-state index in [0.29, 0.717) is 28.7 Å². The van der Waals surface area contributed by atoms with Gasteiger partial charge in [0.25, 0.3) is 17.4 Å². The lowest BCUT2D eigenvalue weighted by Gasteiger charge is -2.11. The summed E-state index contributed by atoms with van der Waals surface area (Å²) >= 11 is 0. The van der Waals surface area contributed by atoms with Gasteiger partial charge in [-0.2, -0.15) is 0 Å². The highest BCUT2D eigenvalue weighted by atomic mass is 16.2. The largest absolute Gasteiger partial charge is 0.352 e. The molecule has 1 aromatic heterocycles. The molecule has 3 aromatic rings. The molecule has 27 heavy (non-hydrogen) atoms. The molecule has 0 aliphatic rings. The van der Waals surface area contributed by atoms with Crippen LogP contribution < -0.4 is 16.2 Å². The molecular formula is C21H21N3O3. The van der Waals surface area contributed by atoms with Gasteiger partial charge in [0.2, 0.25) is 0 Å². The zero-order valence-electron chi connectivity index (χ0n) is 15.5. The monoisotopic (exact) mass is 363 g/mol. The van der Waals surface area contributed by atoms with Gasteiger partial charge in [0.05, 0.1) is 11.2 Å². The second kappa shape index (κ2) is 7.45. The van der Waals surface area contributed by atoms with Gasteiger partial charge in [-0.25, -0.2) is 0 Å². The molecular weight excluding hydrogens is 342 g/mol. The number of anilines is 1. The van der Waals surface area contributed by atoms with Crippen LogP contribution in [0.1, 0.15) is 38.8 Å². The Morgan fingerprint density at radius 2 is 1.78 bits per heavy atom. The Kier molecular flexibility index (Phi) is 5.07. The first-order valence-electron chi connectivity index (χ1n) is 8.73. The van der Waals surface area contributed by atoms with E-state index in [9.17, 15) is 14.4 Å². The molecule has 0 bridgehead atoms. The fraction of sp³-hybridized carbons (Fsp3) is 0.190. The highest BCUT2D eigenvalue weighted by Gasteiger charge is 2.14. The van der Waals surface area contributed by atoms with Crippen LogP contribution in [-0.4, -0.2) is 23.3 Å². The number of benzene rings is 2. The number of aromatic amines is 1. The van der Waals surface area contributed by atoms with Gasteiger partial charge in [0, 0.05) is 17.5 Å². The first-order valence-corrected chi connectivity index (χ1v) is 8.73. The molecule has 6 heteroatoms. The van der Waals surface area contributed by atoms with Crippen molar-refractivity contribution in [3.05, 3.63) is 75.1 Å². The number of nitrogens with one attached hydrogen (secondary N) is 3. The second-order valence-corrected chi connectivity index (χ2v) is 6.39. The van der Waals surface area contributed by atoms with Crippen molar-refractivity contribution in [3.8, 4) is 0 Å². The summed E-state index contributed by atoms with van der Waals surface area (Å²) in [6.07, 6.45) is 0. The smallest absolute Gasteiger partial charge is 0.261 e. The van der Waals surface area contributed by atoms with Crippen molar-refractivity contribution in [3.63, 3.8) is 0 Å². The summed E-state index contributed by atoms with van der Waals surface area (Å²) in [6.45, 7) is 6.14. The summed E-state index contributed by atoms with van der Waals surface area (Å²) < 4.78 is 0. The first kappa shape index (κ1) is 18.4. The number of hydrogen-bond donors (Lipinski definition) is 3. The minimum Gasteiger partial charge on any atom is -0.352 e. The molecule has 0 unspecified atom stereocenters. The quantitative estimate of drug-likeness (QED) is 0.665. The lowest BCUT2D eigenvalue weighted by Crippen LogP contribution is -2.29. The Labute approximate surface area is 156 Å². The predicted molar refractivity (Wildman–Crippen MR) is 106 cm³/mol. The zero-order chi connectivity index (χ0) is 19.6. The second-order valence-electron chi connectivity index (χ2n) is 6.39. The number of aryl methyl sites for hydroxylation is 2. The van der Waals surface area contributed by atoms with Crippen molar-refractivity contribution in [2.45, 2.75) is 20.8 Å². The molecule has 138 valence electrons. The zero-order valence-corrected chi connectivity index (χ0v) is 15.5. The van der Waals surface area contributed by atoms with Gasteiger partial charge < -0.3 is 15.6 Å². The third-order valence-electron chi connectivity index (χ3n) is 4.49. The van der Waals surface area contributed by atoms with Crippen molar-refractivity contribution in [1.82, 2.24) is 10.3 Å².